The van der Waals surface area contributed by atoms with Crippen molar-refractivity contribution in [2.45, 2.75) is 25.8 Å². The average Bonchev–Trinajstić information content (AvgIpc) is 3.40. The fraction of sp³-hybridized carbons (Fsp3) is 0.394. The summed E-state index contributed by atoms with van der Waals surface area (Å²) in [5, 5.41) is 6.14. The number of ether oxygens (including phenoxy) is 1. The van der Waals surface area contributed by atoms with Gasteiger partial charge in [0, 0.05) is 55.6 Å². The molecule has 3 aromatic carbocycles. The zero-order valence-corrected chi connectivity index (χ0v) is 24.6. The molecule has 0 saturated carbocycles. The number of anilines is 2. The van der Waals surface area contributed by atoms with Crippen LogP contribution < -0.4 is 20.3 Å². The highest BCUT2D eigenvalue weighted by Gasteiger charge is 2.22. The highest BCUT2D eigenvalue weighted by atomic mass is 16.5. The van der Waals surface area contributed by atoms with Gasteiger partial charge in [-0.05, 0) is 99.6 Å². The van der Waals surface area contributed by atoms with Crippen molar-refractivity contribution in [1.82, 2.24) is 15.1 Å². The van der Waals surface area contributed by atoms with Gasteiger partial charge < -0.3 is 30.1 Å². The Hall–Kier alpha value is -3.88. The van der Waals surface area contributed by atoms with Crippen LogP contribution in [0, 0.1) is 6.92 Å². The third kappa shape index (κ3) is 6.72. The summed E-state index contributed by atoms with van der Waals surface area (Å²) in [4.78, 5) is 32.8. The van der Waals surface area contributed by atoms with E-state index < -0.39 is 0 Å². The zero-order chi connectivity index (χ0) is 28.9. The summed E-state index contributed by atoms with van der Waals surface area (Å²) in [6, 6.07) is 19.6. The number of carbonyl (C=O) groups is 2. The summed E-state index contributed by atoms with van der Waals surface area (Å²) in [6.45, 7) is 7.57. The molecule has 1 unspecified atom stereocenters. The van der Waals surface area contributed by atoms with Crippen LogP contribution in [0.4, 0.5) is 11.4 Å². The molecular weight excluding hydrogens is 514 g/mol. The van der Waals surface area contributed by atoms with Crippen LogP contribution in [0.2, 0.25) is 0 Å². The van der Waals surface area contributed by atoms with Crippen molar-refractivity contribution in [3.05, 3.63) is 77.4 Å². The van der Waals surface area contributed by atoms with Crippen molar-refractivity contribution in [2.24, 2.45) is 0 Å². The van der Waals surface area contributed by atoms with E-state index in [0.29, 0.717) is 23.7 Å². The maximum atomic E-state index is 13.1. The lowest BCUT2D eigenvalue weighted by molar-refractivity contribution is 0.0942. The SMILES string of the molecule is COc1ccc(NC(=O)c2ccc(-c3ccc(C(=O)NCC4CCCN4C)cc3C)cc2)cc1N1CCN(C)CC1. The minimum Gasteiger partial charge on any atom is -0.495 e. The second-order valence-electron chi connectivity index (χ2n) is 11.2. The second-order valence-corrected chi connectivity index (χ2v) is 11.2. The molecule has 5 rings (SSSR count). The van der Waals surface area contributed by atoms with E-state index in [1.165, 1.54) is 6.42 Å². The molecular formula is C33H41N5O3. The minimum absolute atomic E-state index is 0.0405. The lowest BCUT2D eigenvalue weighted by Gasteiger charge is -2.34. The molecule has 0 aromatic heterocycles. The van der Waals surface area contributed by atoms with Crippen molar-refractivity contribution >= 4 is 23.2 Å². The van der Waals surface area contributed by atoms with E-state index in [-0.39, 0.29) is 11.8 Å². The molecule has 216 valence electrons. The molecule has 1 atom stereocenters. The number of amides is 2. The Morgan fingerprint density at radius 3 is 2.27 bits per heavy atom. The smallest absolute Gasteiger partial charge is 0.255 e. The summed E-state index contributed by atoms with van der Waals surface area (Å²) >= 11 is 0. The number of hydrogen-bond acceptors (Lipinski definition) is 6. The molecule has 3 aromatic rings. The van der Waals surface area contributed by atoms with E-state index in [4.69, 9.17) is 4.74 Å². The second kappa shape index (κ2) is 12.7. The number of carbonyl (C=O) groups excluding carboxylic acids is 2. The van der Waals surface area contributed by atoms with Crippen LogP contribution in [0.3, 0.4) is 0 Å². The fourth-order valence-corrected chi connectivity index (χ4v) is 5.75. The van der Waals surface area contributed by atoms with Crippen LogP contribution in [0.15, 0.2) is 60.7 Å². The summed E-state index contributed by atoms with van der Waals surface area (Å²) in [6.07, 6.45) is 2.31. The third-order valence-corrected chi connectivity index (χ3v) is 8.40. The summed E-state index contributed by atoms with van der Waals surface area (Å²) in [7, 11) is 5.92. The predicted octanol–water partition coefficient (Wildman–Crippen LogP) is 4.50. The van der Waals surface area contributed by atoms with Crippen LogP contribution >= 0.6 is 0 Å². The van der Waals surface area contributed by atoms with E-state index in [1.807, 2.05) is 67.6 Å². The van der Waals surface area contributed by atoms with Gasteiger partial charge in [-0.2, -0.15) is 0 Å². The van der Waals surface area contributed by atoms with E-state index in [2.05, 4.69) is 39.4 Å². The Morgan fingerprint density at radius 1 is 0.878 bits per heavy atom. The highest BCUT2D eigenvalue weighted by molar-refractivity contribution is 6.05. The van der Waals surface area contributed by atoms with Crippen molar-refractivity contribution in [3.63, 3.8) is 0 Å². The lowest BCUT2D eigenvalue weighted by atomic mass is 9.97. The van der Waals surface area contributed by atoms with E-state index in [9.17, 15) is 9.59 Å². The lowest BCUT2D eigenvalue weighted by Crippen LogP contribution is -2.44. The van der Waals surface area contributed by atoms with Gasteiger partial charge in [-0.3, -0.25) is 9.59 Å². The van der Waals surface area contributed by atoms with Gasteiger partial charge >= 0.3 is 0 Å². The first-order chi connectivity index (χ1) is 19.8. The largest absolute Gasteiger partial charge is 0.495 e. The van der Waals surface area contributed by atoms with Crippen LogP contribution in [0.5, 0.6) is 5.75 Å². The van der Waals surface area contributed by atoms with Crippen molar-refractivity contribution < 1.29 is 14.3 Å². The van der Waals surface area contributed by atoms with Crippen LogP contribution in [0.1, 0.15) is 39.1 Å². The number of nitrogens with one attached hydrogen (secondary N) is 2. The number of aryl methyl sites for hydroxylation is 1. The Balaban J connectivity index is 1.23. The molecule has 0 aliphatic carbocycles. The number of likely N-dealkylation sites (N-methyl/N-ethyl adjacent to an activating group) is 2. The van der Waals surface area contributed by atoms with Gasteiger partial charge in [-0.1, -0.05) is 18.2 Å². The molecule has 2 aliphatic rings. The molecule has 8 heteroatoms. The normalized spacial score (nSPS) is 17.9. The number of likely N-dealkylation sites (tertiary alicyclic amines) is 1. The van der Waals surface area contributed by atoms with Crippen LogP contribution in [0.25, 0.3) is 11.1 Å². The molecule has 2 heterocycles. The first-order valence-corrected chi connectivity index (χ1v) is 14.4. The number of hydrogen-bond donors (Lipinski definition) is 2. The van der Waals surface area contributed by atoms with Gasteiger partial charge in [0.05, 0.1) is 12.8 Å². The molecule has 2 fully saturated rings. The average molecular weight is 556 g/mol. The monoisotopic (exact) mass is 555 g/mol. The number of piperazine rings is 1. The Labute approximate surface area is 243 Å². The van der Waals surface area contributed by atoms with Gasteiger partial charge in [-0.25, -0.2) is 0 Å². The Kier molecular flexibility index (Phi) is 8.90. The van der Waals surface area contributed by atoms with E-state index in [1.54, 1.807) is 7.11 Å². The van der Waals surface area contributed by atoms with Gasteiger partial charge in [-0.15, -0.1) is 0 Å². The van der Waals surface area contributed by atoms with E-state index >= 15 is 0 Å². The van der Waals surface area contributed by atoms with Crippen molar-refractivity contribution in [1.29, 1.82) is 0 Å². The molecule has 2 amide bonds. The first-order valence-electron chi connectivity index (χ1n) is 14.4. The summed E-state index contributed by atoms with van der Waals surface area (Å²) in [5.41, 5.74) is 6.03. The molecule has 0 bridgehead atoms. The van der Waals surface area contributed by atoms with Gasteiger partial charge in [0.1, 0.15) is 5.75 Å². The van der Waals surface area contributed by atoms with Gasteiger partial charge in [0.2, 0.25) is 0 Å². The van der Waals surface area contributed by atoms with Crippen LogP contribution in [-0.4, -0.2) is 88.1 Å². The third-order valence-electron chi connectivity index (χ3n) is 8.40. The van der Waals surface area contributed by atoms with Crippen LogP contribution in [-0.2, 0) is 0 Å². The fourth-order valence-electron chi connectivity index (χ4n) is 5.75. The number of methoxy groups -OCH3 is 1. The standard InChI is InChI=1S/C33H41N5O3/c1-23-20-26(32(39)34-22-28-6-5-15-37(28)3)11-13-29(23)24-7-9-25(10-8-24)33(40)35-27-12-14-31(41-4)30(21-27)38-18-16-36(2)17-19-38/h7-14,20-21,28H,5-6,15-19,22H2,1-4H3,(H,34,39)(H,35,40). The Morgan fingerprint density at radius 2 is 1.61 bits per heavy atom. The molecule has 41 heavy (non-hydrogen) atoms. The summed E-state index contributed by atoms with van der Waals surface area (Å²) in [5.74, 6) is 0.598. The maximum Gasteiger partial charge on any atom is 0.255 e. The summed E-state index contributed by atoms with van der Waals surface area (Å²) < 4.78 is 5.60. The quantitative estimate of drug-likeness (QED) is 0.426. The molecule has 0 spiro atoms. The maximum absolute atomic E-state index is 13.1. The number of nitrogens with zero attached hydrogens (tertiary/aromatic N) is 3. The van der Waals surface area contributed by atoms with Gasteiger partial charge in [0.15, 0.2) is 0 Å². The number of rotatable bonds is 8. The molecule has 2 aliphatic heterocycles. The zero-order valence-electron chi connectivity index (χ0n) is 24.6. The van der Waals surface area contributed by atoms with E-state index in [0.717, 1.165) is 73.0 Å². The highest BCUT2D eigenvalue weighted by Crippen LogP contribution is 2.32. The molecule has 0 radical (unpaired) electrons. The topological polar surface area (TPSA) is 77.1 Å². The Bertz CT molecular complexity index is 1380. The van der Waals surface area contributed by atoms with Crippen molar-refractivity contribution in [3.8, 4) is 16.9 Å². The predicted molar refractivity (Wildman–Crippen MR) is 165 cm³/mol. The number of benzene rings is 3. The first kappa shape index (κ1) is 28.6. The minimum atomic E-state index is -0.164. The van der Waals surface area contributed by atoms with Crippen molar-refractivity contribution in [2.75, 3.05) is 70.7 Å². The van der Waals surface area contributed by atoms with Gasteiger partial charge in [0.25, 0.3) is 11.8 Å². The molecule has 2 N–H and O–H groups in total. The molecule has 8 nitrogen and oxygen atoms in total. The molecule has 2 saturated heterocycles.